The van der Waals surface area contributed by atoms with Crippen LogP contribution in [0.15, 0.2) is 0 Å². The number of nitrogens with zero attached hydrogens (tertiary/aromatic N) is 1. The van der Waals surface area contributed by atoms with E-state index in [9.17, 15) is 13.2 Å². The second-order valence-electron chi connectivity index (χ2n) is 4.38. The zero-order valence-electron chi connectivity index (χ0n) is 11.0. The van der Waals surface area contributed by atoms with E-state index in [-0.39, 0.29) is 17.7 Å². The molecule has 1 heterocycles. The molecule has 0 unspecified atom stereocenters. The molecular weight excluding hydrogens is 256 g/mol. The Bertz CT molecular complexity index is 361. The van der Waals surface area contributed by atoms with E-state index in [0.717, 1.165) is 0 Å². The second-order valence-corrected chi connectivity index (χ2v) is 6.64. The number of nitrogens with one attached hydrogen (secondary N) is 1. The first-order valence-electron chi connectivity index (χ1n) is 6.25. The quantitative estimate of drug-likeness (QED) is 0.739. The summed E-state index contributed by atoms with van der Waals surface area (Å²) in [7, 11) is -1.53. The lowest BCUT2D eigenvalue weighted by molar-refractivity contribution is -0.122. The van der Waals surface area contributed by atoms with Crippen molar-refractivity contribution in [1.29, 1.82) is 0 Å². The average molecular weight is 278 g/mol. The highest BCUT2D eigenvalue weighted by Gasteiger charge is 2.27. The smallest absolute Gasteiger partial charge is 0.222 e. The number of amides is 1. The Morgan fingerprint density at radius 1 is 1.39 bits per heavy atom. The third kappa shape index (κ3) is 4.55. The number of carbonyl (C=O) groups excluding carboxylic acids is 1. The highest BCUT2D eigenvalue weighted by Crippen LogP contribution is 2.14. The second kappa shape index (κ2) is 7.06. The number of piperidine rings is 1. The summed E-state index contributed by atoms with van der Waals surface area (Å²) in [5, 5.41) is 2.90. The third-order valence-corrected chi connectivity index (χ3v) is 4.99. The van der Waals surface area contributed by atoms with Crippen molar-refractivity contribution >= 4 is 15.9 Å². The maximum atomic E-state index is 11.6. The van der Waals surface area contributed by atoms with Gasteiger partial charge in [0.1, 0.15) is 0 Å². The minimum Gasteiger partial charge on any atom is -0.384 e. The van der Waals surface area contributed by atoms with Gasteiger partial charge >= 0.3 is 0 Å². The molecule has 0 aliphatic carbocycles. The third-order valence-electron chi connectivity index (χ3n) is 3.11. The van der Waals surface area contributed by atoms with E-state index in [4.69, 9.17) is 4.74 Å². The lowest BCUT2D eigenvalue weighted by Gasteiger charge is -2.31. The number of rotatable bonds is 6. The summed E-state index contributed by atoms with van der Waals surface area (Å²) in [6.07, 6.45) is 1.71. The molecule has 1 aliphatic heterocycles. The maximum Gasteiger partial charge on any atom is 0.222 e. The number of hydrogen-bond acceptors (Lipinski definition) is 4. The zero-order valence-corrected chi connectivity index (χ0v) is 11.8. The molecule has 0 bridgehead atoms. The van der Waals surface area contributed by atoms with Gasteiger partial charge < -0.3 is 10.1 Å². The normalized spacial score (nSPS) is 18.8. The highest BCUT2D eigenvalue weighted by atomic mass is 32.2. The van der Waals surface area contributed by atoms with Crippen molar-refractivity contribution < 1.29 is 17.9 Å². The van der Waals surface area contributed by atoms with Gasteiger partial charge in [-0.25, -0.2) is 12.7 Å². The van der Waals surface area contributed by atoms with Gasteiger partial charge in [0.25, 0.3) is 0 Å². The van der Waals surface area contributed by atoms with Gasteiger partial charge in [-0.2, -0.15) is 0 Å². The molecule has 0 aromatic rings. The van der Waals surface area contributed by atoms with Gasteiger partial charge in [0.05, 0.1) is 12.4 Å². The van der Waals surface area contributed by atoms with Crippen LogP contribution < -0.4 is 5.32 Å². The van der Waals surface area contributed by atoms with E-state index in [2.05, 4.69) is 5.32 Å². The van der Waals surface area contributed by atoms with Crippen LogP contribution in [0.1, 0.15) is 26.2 Å². The van der Waals surface area contributed by atoms with Crippen LogP contribution >= 0.6 is 0 Å². The Labute approximate surface area is 109 Å². The lowest BCUT2D eigenvalue weighted by atomic mass is 10.1. The number of hydrogen-bond donors (Lipinski definition) is 1. The summed E-state index contributed by atoms with van der Waals surface area (Å²) >= 11 is 0. The van der Waals surface area contributed by atoms with Crippen molar-refractivity contribution in [2.45, 2.75) is 32.2 Å². The Morgan fingerprint density at radius 2 is 2.00 bits per heavy atom. The van der Waals surface area contributed by atoms with Crippen LogP contribution in [0.4, 0.5) is 0 Å². The Balaban J connectivity index is 2.34. The molecule has 0 atom stereocenters. The van der Waals surface area contributed by atoms with Gasteiger partial charge in [0.15, 0.2) is 0 Å². The molecule has 1 rings (SSSR count). The maximum absolute atomic E-state index is 11.6. The van der Waals surface area contributed by atoms with Gasteiger partial charge in [-0.3, -0.25) is 4.79 Å². The van der Waals surface area contributed by atoms with Crippen molar-refractivity contribution in [2.75, 3.05) is 32.6 Å². The molecule has 0 aromatic heterocycles. The van der Waals surface area contributed by atoms with Crippen LogP contribution in [-0.4, -0.2) is 57.2 Å². The first-order chi connectivity index (χ1) is 8.49. The number of sulfonamides is 1. The van der Waals surface area contributed by atoms with Crippen molar-refractivity contribution in [3.8, 4) is 0 Å². The molecule has 6 nitrogen and oxygen atoms in total. The highest BCUT2D eigenvalue weighted by molar-refractivity contribution is 7.89. The Morgan fingerprint density at radius 3 is 2.50 bits per heavy atom. The van der Waals surface area contributed by atoms with Crippen LogP contribution in [0.2, 0.25) is 0 Å². The van der Waals surface area contributed by atoms with E-state index in [1.54, 1.807) is 14.0 Å². The zero-order chi connectivity index (χ0) is 13.6. The molecule has 0 aromatic carbocycles. The van der Waals surface area contributed by atoms with E-state index < -0.39 is 10.0 Å². The summed E-state index contributed by atoms with van der Waals surface area (Å²) in [5.41, 5.74) is 0. The Hall–Kier alpha value is -0.660. The minimum atomic E-state index is -3.09. The molecular formula is C11H22N2O4S. The lowest BCUT2D eigenvalue weighted by Crippen LogP contribution is -2.47. The van der Waals surface area contributed by atoms with E-state index in [1.165, 1.54) is 4.31 Å². The van der Waals surface area contributed by atoms with E-state index >= 15 is 0 Å². The summed E-state index contributed by atoms with van der Waals surface area (Å²) in [6, 6.07) is 0.0812. The largest absolute Gasteiger partial charge is 0.384 e. The molecule has 0 radical (unpaired) electrons. The van der Waals surface area contributed by atoms with Crippen molar-refractivity contribution in [3.63, 3.8) is 0 Å². The fourth-order valence-electron chi connectivity index (χ4n) is 1.96. The molecule has 106 valence electrons. The predicted molar refractivity (Wildman–Crippen MR) is 68.7 cm³/mol. The van der Waals surface area contributed by atoms with E-state index in [0.29, 0.717) is 39.0 Å². The summed E-state index contributed by atoms with van der Waals surface area (Å²) < 4.78 is 29.6. The van der Waals surface area contributed by atoms with Crippen molar-refractivity contribution in [1.82, 2.24) is 9.62 Å². The fraction of sp³-hybridized carbons (Fsp3) is 0.909. The average Bonchev–Trinajstić information content (AvgIpc) is 2.37. The predicted octanol–water partition coefficient (Wildman–Crippen LogP) is -0.0468. The summed E-state index contributed by atoms with van der Waals surface area (Å²) in [5.74, 6) is 0.103. The van der Waals surface area contributed by atoms with Crippen LogP contribution in [0, 0.1) is 0 Å². The molecule has 1 amide bonds. The summed E-state index contributed by atoms with van der Waals surface area (Å²) in [6.45, 7) is 3.04. The number of methoxy groups -OCH3 is 1. The summed E-state index contributed by atoms with van der Waals surface area (Å²) in [4.78, 5) is 11.5. The van der Waals surface area contributed by atoms with Crippen molar-refractivity contribution in [3.05, 3.63) is 0 Å². The van der Waals surface area contributed by atoms with Crippen LogP contribution in [0.25, 0.3) is 0 Å². The molecule has 1 N–H and O–H groups in total. The van der Waals surface area contributed by atoms with Gasteiger partial charge in [0.2, 0.25) is 15.9 Å². The first kappa shape index (κ1) is 15.4. The standard InChI is InChI=1S/C11H22N2O4S/c1-3-18(15,16)13-7-4-10(5-8-13)12-11(14)6-9-17-2/h10H,3-9H2,1-2H3,(H,12,14). The van der Waals surface area contributed by atoms with Gasteiger partial charge in [-0.05, 0) is 19.8 Å². The molecule has 0 saturated carbocycles. The monoisotopic (exact) mass is 278 g/mol. The molecule has 7 heteroatoms. The van der Waals surface area contributed by atoms with Crippen LogP contribution in [0.5, 0.6) is 0 Å². The molecule has 1 aliphatic rings. The van der Waals surface area contributed by atoms with Gasteiger partial charge in [-0.15, -0.1) is 0 Å². The molecule has 0 spiro atoms. The van der Waals surface area contributed by atoms with Gasteiger partial charge in [-0.1, -0.05) is 0 Å². The van der Waals surface area contributed by atoms with Gasteiger partial charge in [0, 0.05) is 32.7 Å². The first-order valence-corrected chi connectivity index (χ1v) is 7.86. The molecule has 1 saturated heterocycles. The van der Waals surface area contributed by atoms with E-state index in [1.807, 2.05) is 0 Å². The minimum absolute atomic E-state index is 0.0337. The fourth-order valence-corrected chi connectivity index (χ4v) is 3.09. The SMILES string of the molecule is CCS(=O)(=O)N1CCC(NC(=O)CCOC)CC1. The van der Waals surface area contributed by atoms with Crippen LogP contribution in [0.3, 0.4) is 0 Å². The molecule has 1 fully saturated rings. The number of ether oxygens (including phenoxy) is 1. The Kier molecular flexibility index (Phi) is 6.04. The number of carbonyl (C=O) groups is 1. The topological polar surface area (TPSA) is 75.7 Å². The van der Waals surface area contributed by atoms with Crippen LogP contribution in [-0.2, 0) is 19.6 Å². The molecule has 18 heavy (non-hydrogen) atoms. The van der Waals surface area contributed by atoms with Crippen molar-refractivity contribution in [2.24, 2.45) is 0 Å².